The molecule has 17 heavy (non-hydrogen) atoms. The maximum absolute atomic E-state index is 4.35. The number of aliphatic imine (C=N–C) groups is 1. The van der Waals surface area contributed by atoms with Gasteiger partial charge in [0, 0.05) is 37.0 Å². The molecule has 4 nitrogen and oxygen atoms in total. The topological polar surface area (TPSA) is 49.3 Å². The molecule has 0 fully saturated rings. The van der Waals surface area contributed by atoms with Gasteiger partial charge in [-0.05, 0) is 12.8 Å². The third kappa shape index (κ3) is 5.91. The zero-order valence-corrected chi connectivity index (χ0v) is 13.5. The summed E-state index contributed by atoms with van der Waals surface area (Å²) < 4.78 is 1.16. The first kappa shape index (κ1) is 15.0. The molecule has 0 saturated heterocycles. The van der Waals surface area contributed by atoms with Crippen LogP contribution in [0.2, 0.25) is 0 Å². The molecule has 0 spiro atoms. The van der Waals surface area contributed by atoms with E-state index in [1.165, 1.54) is 0 Å². The molecule has 0 saturated carbocycles. The lowest BCUT2D eigenvalue weighted by Gasteiger charge is -2.15. The maximum atomic E-state index is 4.35. The van der Waals surface area contributed by atoms with Gasteiger partial charge in [-0.2, -0.15) is 0 Å². The van der Waals surface area contributed by atoms with E-state index >= 15 is 0 Å². The van der Waals surface area contributed by atoms with Crippen molar-refractivity contribution in [3.05, 3.63) is 11.6 Å². The van der Waals surface area contributed by atoms with E-state index < -0.39 is 0 Å². The summed E-state index contributed by atoms with van der Waals surface area (Å²) in [5, 5.41) is 8.57. The van der Waals surface area contributed by atoms with Crippen LogP contribution in [-0.2, 0) is 0 Å². The standard InChI is InChI=1S/C10H16N4S2.HI/c1-3-11-9(12-4-1)13-5-2-7-15-10-14-6-8-16-10;/h6,8H,1-5,7H2,(H2,11,12,13);1H. The van der Waals surface area contributed by atoms with Gasteiger partial charge in [0.1, 0.15) is 4.34 Å². The molecule has 1 aliphatic heterocycles. The number of aromatic nitrogens is 1. The van der Waals surface area contributed by atoms with Crippen molar-refractivity contribution in [2.45, 2.75) is 17.2 Å². The molecule has 2 heterocycles. The highest BCUT2D eigenvalue weighted by molar-refractivity contribution is 14.0. The summed E-state index contributed by atoms with van der Waals surface area (Å²) in [5.41, 5.74) is 0. The van der Waals surface area contributed by atoms with Crippen LogP contribution < -0.4 is 10.6 Å². The van der Waals surface area contributed by atoms with Gasteiger partial charge in [0.15, 0.2) is 5.96 Å². The third-order valence-electron chi connectivity index (χ3n) is 2.15. The second-order valence-electron chi connectivity index (χ2n) is 3.44. The van der Waals surface area contributed by atoms with E-state index in [-0.39, 0.29) is 24.0 Å². The molecular formula is C10H17IN4S2. The fourth-order valence-corrected chi connectivity index (χ4v) is 3.02. The lowest BCUT2D eigenvalue weighted by molar-refractivity contribution is 0.698. The largest absolute Gasteiger partial charge is 0.356 e. The van der Waals surface area contributed by atoms with Gasteiger partial charge < -0.3 is 10.6 Å². The average molecular weight is 384 g/mol. The number of hydrogen-bond acceptors (Lipinski definition) is 6. The van der Waals surface area contributed by atoms with E-state index in [9.17, 15) is 0 Å². The van der Waals surface area contributed by atoms with Crippen LogP contribution in [0.4, 0.5) is 0 Å². The van der Waals surface area contributed by atoms with Gasteiger partial charge in [-0.25, -0.2) is 4.98 Å². The highest BCUT2D eigenvalue weighted by Crippen LogP contribution is 2.20. The van der Waals surface area contributed by atoms with E-state index in [2.05, 4.69) is 20.6 Å². The Kier molecular flexibility index (Phi) is 7.95. The van der Waals surface area contributed by atoms with Gasteiger partial charge in [-0.3, -0.25) is 4.99 Å². The third-order valence-corrected chi connectivity index (χ3v) is 4.20. The van der Waals surface area contributed by atoms with Crippen molar-refractivity contribution in [3.63, 3.8) is 0 Å². The molecule has 0 unspecified atom stereocenters. The molecule has 0 aromatic carbocycles. The van der Waals surface area contributed by atoms with Crippen LogP contribution in [0.1, 0.15) is 12.8 Å². The maximum Gasteiger partial charge on any atom is 0.191 e. The second kappa shape index (κ2) is 8.98. The van der Waals surface area contributed by atoms with E-state index in [4.69, 9.17) is 0 Å². The Bertz CT molecular complexity index is 329. The number of hydrogen-bond donors (Lipinski definition) is 2. The zero-order valence-electron chi connectivity index (χ0n) is 9.52. The molecule has 7 heteroatoms. The van der Waals surface area contributed by atoms with Crippen LogP contribution in [-0.4, -0.2) is 36.3 Å². The highest BCUT2D eigenvalue weighted by atomic mass is 127. The summed E-state index contributed by atoms with van der Waals surface area (Å²) in [6.07, 6.45) is 4.13. The highest BCUT2D eigenvalue weighted by Gasteiger charge is 2.02. The van der Waals surface area contributed by atoms with E-state index in [0.717, 1.165) is 48.5 Å². The molecule has 0 aliphatic carbocycles. The fourth-order valence-electron chi connectivity index (χ4n) is 1.37. The van der Waals surface area contributed by atoms with Gasteiger partial charge in [0.2, 0.25) is 0 Å². The molecular weight excluding hydrogens is 367 g/mol. The van der Waals surface area contributed by atoms with Crippen LogP contribution in [0.5, 0.6) is 0 Å². The van der Waals surface area contributed by atoms with Crippen molar-refractivity contribution in [2.24, 2.45) is 4.99 Å². The molecule has 2 rings (SSSR count). The minimum absolute atomic E-state index is 0. The zero-order chi connectivity index (χ0) is 11.1. The molecule has 2 N–H and O–H groups in total. The van der Waals surface area contributed by atoms with Crippen molar-refractivity contribution in [1.82, 2.24) is 15.6 Å². The first-order valence-electron chi connectivity index (χ1n) is 5.49. The van der Waals surface area contributed by atoms with Gasteiger partial charge in [0.05, 0.1) is 0 Å². The van der Waals surface area contributed by atoms with Crippen LogP contribution in [0, 0.1) is 0 Å². The molecule has 0 bridgehead atoms. The Morgan fingerprint density at radius 3 is 3.18 bits per heavy atom. The molecule has 0 atom stereocenters. The van der Waals surface area contributed by atoms with Gasteiger partial charge in [-0.15, -0.1) is 35.3 Å². The van der Waals surface area contributed by atoms with Crippen molar-refractivity contribution >= 4 is 53.0 Å². The summed E-state index contributed by atoms with van der Waals surface area (Å²) in [4.78, 5) is 8.58. The number of halogens is 1. The number of thiazole rings is 1. The number of nitrogens with one attached hydrogen (secondary N) is 2. The predicted molar refractivity (Wildman–Crippen MR) is 85.8 cm³/mol. The molecule has 96 valence electrons. The summed E-state index contributed by atoms with van der Waals surface area (Å²) in [7, 11) is 0. The molecule has 1 aliphatic rings. The van der Waals surface area contributed by atoms with E-state index in [1.807, 2.05) is 23.3 Å². The lowest BCUT2D eigenvalue weighted by Crippen LogP contribution is -2.41. The van der Waals surface area contributed by atoms with Gasteiger partial charge in [0.25, 0.3) is 0 Å². The molecule has 0 amide bonds. The molecule has 1 aromatic rings. The number of rotatable bonds is 5. The van der Waals surface area contributed by atoms with Crippen LogP contribution in [0.15, 0.2) is 20.9 Å². The number of nitrogens with zero attached hydrogens (tertiary/aromatic N) is 2. The van der Waals surface area contributed by atoms with Gasteiger partial charge >= 0.3 is 0 Å². The first-order chi connectivity index (χ1) is 7.95. The SMILES string of the molecule is I.c1csc(SCCCNC2=NCCCN2)n1. The minimum Gasteiger partial charge on any atom is -0.356 e. The van der Waals surface area contributed by atoms with Gasteiger partial charge in [-0.1, -0.05) is 11.8 Å². The first-order valence-corrected chi connectivity index (χ1v) is 7.36. The Labute approximate surface area is 127 Å². The van der Waals surface area contributed by atoms with Crippen LogP contribution in [0.3, 0.4) is 0 Å². The van der Waals surface area contributed by atoms with E-state index in [0.29, 0.717) is 0 Å². The second-order valence-corrected chi connectivity index (χ2v) is 5.67. The number of thioether (sulfide) groups is 1. The van der Waals surface area contributed by atoms with E-state index in [1.54, 1.807) is 11.3 Å². The Hall–Kier alpha value is -0.0200. The summed E-state index contributed by atoms with van der Waals surface area (Å²) in [6.45, 7) is 2.97. The van der Waals surface area contributed by atoms with Crippen LogP contribution in [0.25, 0.3) is 0 Å². The van der Waals surface area contributed by atoms with Crippen molar-refractivity contribution in [2.75, 3.05) is 25.4 Å². The predicted octanol–water partition coefficient (Wildman–Crippen LogP) is 2.18. The average Bonchev–Trinajstić information content (AvgIpc) is 2.83. The van der Waals surface area contributed by atoms with Crippen molar-refractivity contribution < 1.29 is 0 Å². The monoisotopic (exact) mass is 384 g/mol. The summed E-state index contributed by atoms with van der Waals surface area (Å²) in [5.74, 6) is 2.07. The summed E-state index contributed by atoms with van der Waals surface area (Å²) >= 11 is 3.53. The lowest BCUT2D eigenvalue weighted by atomic mass is 10.4. The Morgan fingerprint density at radius 2 is 2.47 bits per heavy atom. The quantitative estimate of drug-likeness (QED) is 0.464. The minimum atomic E-state index is 0. The Morgan fingerprint density at radius 1 is 1.53 bits per heavy atom. The Balaban J connectivity index is 0.00000144. The number of guanidine groups is 1. The normalized spacial score (nSPS) is 14.5. The van der Waals surface area contributed by atoms with Crippen molar-refractivity contribution in [3.8, 4) is 0 Å². The van der Waals surface area contributed by atoms with Crippen LogP contribution >= 0.6 is 47.1 Å². The summed E-state index contributed by atoms with van der Waals surface area (Å²) in [6, 6.07) is 0. The smallest absolute Gasteiger partial charge is 0.191 e. The molecule has 1 aromatic heterocycles. The molecule has 0 radical (unpaired) electrons. The fraction of sp³-hybridized carbons (Fsp3) is 0.600. The van der Waals surface area contributed by atoms with Crippen molar-refractivity contribution in [1.29, 1.82) is 0 Å².